The smallest absolute Gasteiger partial charge is 0.408 e. The van der Waals surface area contributed by atoms with Crippen LogP contribution in [-0.4, -0.2) is 40.0 Å². The van der Waals surface area contributed by atoms with Crippen LogP contribution in [0.2, 0.25) is 0 Å². The van der Waals surface area contributed by atoms with Gasteiger partial charge in [-0.2, -0.15) is 0 Å². The van der Waals surface area contributed by atoms with E-state index in [4.69, 9.17) is 11.2 Å². The molecule has 3 aromatic carbocycles. The summed E-state index contributed by atoms with van der Waals surface area (Å²) in [6.07, 6.45) is 5.93. The number of carbonyl (C=O) groups excluding carboxylic acids is 3. The van der Waals surface area contributed by atoms with Crippen molar-refractivity contribution in [3.8, 4) is 12.3 Å². The third-order valence-corrected chi connectivity index (χ3v) is 7.67. The number of nitrogens with zero attached hydrogens (tertiary/aromatic N) is 1. The third kappa shape index (κ3) is 8.50. The number of hydrogen-bond acceptors (Lipinski definition) is 4. The van der Waals surface area contributed by atoms with E-state index in [0.29, 0.717) is 23.2 Å². The molecule has 2 atom stereocenters. The first-order valence-electron chi connectivity index (χ1n) is 15.0. The van der Waals surface area contributed by atoms with E-state index in [0.717, 1.165) is 16.7 Å². The first-order chi connectivity index (χ1) is 20.7. The monoisotopic (exact) mass is 595 g/mol. The summed E-state index contributed by atoms with van der Waals surface area (Å²) in [5, 5.41) is 5.92. The van der Waals surface area contributed by atoms with Crippen molar-refractivity contribution in [1.82, 2.24) is 10.2 Å². The molecule has 0 radical (unpaired) electrons. The molecule has 0 aliphatic carbocycles. The number of carbonyl (C=O) groups is 3. The summed E-state index contributed by atoms with van der Waals surface area (Å²) in [5.41, 5.74) is 2.72. The minimum atomic E-state index is -1.11. The van der Waals surface area contributed by atoms with Gasteiger partial charge >= 0.3 is 6.09 Å². The Morgan fingerprint density at radius 1 is 0.886 bits per heavy atom. The zero-order chi connectivity index (χ0) is 32.7. The number of anilines is 1. The molecular formula is C37H45N3O4. The quantitative estimate of drug-likeness (QED) is 0.244. The molecule has 3 aromatic rings. The van der Waals surface area contributed by atoms with Gasteiger partial charge in [0.25, 0.3) is 5.91 Å². The Hall–Kier alpha value is -4.57. The number of nitrogens with one attached hydrogen (secondary N) is 2. The number of amides is 3. The standard InChI is InChI=1S/C37H45N3O4/c1-10-28-22-15-16-23-29(28)32(33(41)39-31-25(3)18-17-19-26(31)4)40(37(8,9)11-2)34(42)30(24-27-20-13-12-14-21-27)38-35(43)44-36(5,6)7/h1,12-23,30,32H,11,24H2,2-9H3,(H,38,43)(H,39,41). The normalized spacial score (nSPS) is 12.8. The van der Waals surface area contributed by atoms with Crippen molar-refractivity contribution in [2.75, 3.05) is 5.32 Å². The van der Waals surface area contributed by atoms with Crippen molar-refractivity contribution in [3.05, 3.63) is 101 Å². The van der Waals surface area contributed by atoms with Crippen molar-refractivity contribution in [3.63, 3.8) is 0 Å². The van der Waals surface area contributed by atoms with Crippen LogP contribution in [0.15, 0.2) is 72.8 Å². The fraction of sp³-hybridized carbons (Fsp3) is 0.378. The molecular weight excluding hydrogens is 550 g/mol. The largest absolute Gasteiger partial charge is 0.444 e. The van der Waals surface area contributed by atoms with Crippen LogP contribution in [0.4, 0.5) is 10.5 Å². The maximum absolute atomic E-state index is 14.9. The summed E-state index contributed by atoms with van der Waals surface area (Å²) < 4.78 is 5.56. The third-order valence-electron chi connectivity index (χ3n) is 7.67. The van der Waals surface area contributed by atoms with Gasteiger partial charge in [0.2, 0.25) is 5.91 Å². The Bertz CT molecular complexity index is 1500. The van der Waals surface area contributed by atoms with E-state index < -0.39 is 41.1 Å². The second-order valence-electron chi connectivity index (χ2n) is 12.7. The number of hydrogen-bond donors (Lipinski definition) is 2. The molecule has 0 aromatic heterocycles. The summed E-state index contributed by atoms with van der Waals surface area (Å²) >= 11 is 0. The topological polar surface area (TPSA) is 87.7 Å². The Balaban J connectivity index is 2.21. The van der Waals surface area contributed by atoms with Crippen molar-refractivity contribution in [1.29, 1.82) is 0 Å². The number of ether oxygens (including phenoxy) is 1. The highest BCUT2D eigenvalue weighted by Gasteiger charge is 2.44. The molecule has 7 heteroatoms. The van der Waals surface area contributed by atoms with Crippen LogP contribution < -0.4 is 10.6 Å². The van der Waals surface area contributed by atoms with E-state index in [1.54, 1.807) is 49.9 Å². The Labute approximate surface area is 262 Å². The second-order valence-corrected chi connectivity index (χ2v) is 12.7. The van der Waals surface area contributed by atoms with E-state index in [-0.39, 0.29) is 6.42 Å². The lowest BCUT2D eigenvalue weighted by molar-refractivity contribution is -0.147. The number of rotatable bonds is 10. The summed E-state index contributed by atoms with van der Waals surface area (Å²) in [5.74, 6) is 1.86. The predicted molar refractivity (Wildman–Crippen MR) is 176 cm³/mol. The lowest BCUT2D eigenvalue weighted by Gasteiger charge is -2.45. The van der Waals surface area contributed by atoms with Gasteiger partial charge in [-0.15, -0.1) is 6.42 Å². The van der Waals surface area contributed by atoms with Crippen molar-refractivity contribution in [2.24, 2.45) is 0 Å². The second kappa shape index (κ2) is 14.3. The van der Waals surface area contributed by atoms with Gasteiger partial charge in [-0.05, 0) is 83.2 Å². The summed E-state index contributed by atoms with van der Waals surface area (Å²) in [6, 6.07) is 20.2. The molecule has 44 heavy (non-hydrogen) atoms. The SMILES string of the molecule is C#Cc1ccccc1C(C(=O)Nc1c(C)cccc1C)N(C(=O)C(Cc1ccccc1)NC(=O)OC(C)(C)C)C(C)(C)CC. The van der Waals surface area contributed by atoms with Gasteiger partial charge in [-0.25, -0.2) is 4.79 Å². The molecule has 232 valence electrons. The summed E-state index contributed by atoms with van der Waals surface area (Å²) in [7, 11) is 0. The van der Waals surface area contributed by atoms with Crippen LogP contribution in [0.1, 0.15) is 81.8 Å². The van der Waals surface area contributed by atoms with Crippen LogP contribution in [-0.2, 0) is 20.7 Å². The number of benzene rings is 3. The molecule has 2 N–H and O–H groups in total. The Kier molecular flexibility index (Phi) is 11.0. The van der Waals surface area contributed by atoms with E-state index in [1.807, 2.05) is 83.1 Å². The number of aryl methyl sites for hydroxylation is 2. The van der Waals surface area contributed by atoms with Gasteiger partial charge in [-0.3, -0.25) is 9.59 Å². The van der Waals surface area contributed by atoms with Gasteiger partial charge < -0.3 is 20.3 Å². The highest BCUT2D eigenvalue weighted by molar-refractivity contribution is 6.00. The number of para-hydroxylation sites is 1. The van der Waals surface area contributed by atoms with Gasteiger partial charge in [0, 0.05) is 23.2 Å². The van der Waals surface area contributed by atoms with Crippen LogP contribution in [0.5, 0.6) is 0 Å². The van der Waals surface area contributed by atoms with Crippen LogP contribution in [0, 0.1) is 26.2 Å². The van der Waals surface area contributed by atoms with Gasteiger partial charge in [0.1, 0.15) is 17.7 Å². The Morgan fingerprint density at radius 2 is 1.48 bits per heavy atom. The molecule has 7 nitrogen and oxygen atoms in total. The van der Waals surface area contributed by atoms with E-state index in [9.17, 15) is 14.4 Å². The number of terminal acetylenes is 1. The maximum Gasteiger partial charge on any atom is 0.408 e. The van der Waals surface area contributed by atoms with Crippen LogP contribution in [0.25, 0.3) is 0 Å². The average molecular weight is 596 g/mol. The van der Waals surface area contributed by atoms with Crippen LogP contribution in [0.3, 0.4) is 0 Å². The lowest BCUT2D eigenvalue weighted by Crippen LogP contribution is -2.59. The highest BCUT2D eigenvalue weighted by Crippen LogP contribution is 2.35. The molecule has 0 saturated heterocycles. The zero-order valence-electron chi connectivity index (χ0n) is 27.2. The van der Waals surface area contributed by atoms with Gasteiger partial charge in [0.15, 0.2) is 0 Å². The molecule has 0 saturated carbocycles. The van der Waals surface area contributed by atoms with E-state index >= 15 is 0 Å². The summed E-state index contributed by atoms with van der Waals surface area (Å²) in [4.78, 5) is 44.0. The first kappa shape index (κ1) is 33.9. The van der Waals surface area contributed by atoms with Crippen molar-refractivity contribution >= 4 is 23.6 Å². The van der Waals surface area contributed by atoms with E-state index in [1.165, 1.54) is 0 Å². The number of alkyl carbamates (subject to hydrolysis) is 1. The first-order valence-corrected chi connectivity index (χ1v) is 15.0. The Morgan fingerprint density at radius 3 is 2.05 bits per heavy atom. The van der Waals surface area contributed by atoms with Crippen molar-refractivity contribution < 1.29 is 19.1 Å². The molecule has 0 aliphatic rings. The molecule has 0 fully saturated rings. The molecule has 0 spiro atoms. The minimum Gasteiger partial charge on any atom is -0.444 e. The molecule has 0 heterocycles. The summed E-state index contributed by atoms with van der Waals surface area (Å²) in [6.45, 7) is 14.9. The fourth-order valence-electron chi connectivity index (χ4n) is 5.08. The fourth-order valence-corrected chi connectivity index (χ4v) is 5.08. The molecule has 3 amide bonds. The molecule has 2 unspecified atom stereocenters. The average Bonchev–Trinajstić information content (AvgIpc) is 2.96. The van der Waals surface area contributed by atoms with Crippen LogP contribution >= 0.6 is 0 Å². The predicted octanol–water partition coefficient (Wildman–Crippen LogP) is 7.12. The van der Waals surface area contributed by atoms with Gasteiger partial charge in [0.05, 0.1) is 0 Å². The maximum atomic E-state index is 14.9. The highest BCUT2D eigenvalue weighted by atomic mass is 16.6. The lowest BCUT2D eigenvalue weighted by atomic mass is 9.89. The van der Waals surface area contributed by atoms with Gasteiger partial charge in [-0.1, -0.05) is 79.6 Å². The molecule has 0 aliphatic heterocycles. The minimum absolute atomic E-state index is 0.192. The zero-order valence-corrected chi connectivity index (χ0v) is 27.2. The van der Waals surface area contributed by atoms with Crippen molar-refractivity contribution in [2.45, 2.75) is 91.5 Å². The molecule has 3 rings (SSSR count). The molecule has 0 bridgehead atoms. The van der Waals surface area contributed by atoms with E-state index in [2.05, 4.69) is 16.6 Å².